The van der Waals surface area contributed by atoms with Gasteiger partial charge in [-0.1, -0.05) is 25.5 Å². The summed E-state index contributed by atoms with van der Waals surface area (Å²) >= 11 is 0. The zero-order chi connectivity index (χ0) is 25.1. The van der Waals surface area contributed by atoms with Crippen LogP contribution in [0.15, 0.2) is 68.6 Å². The highest BCUT2D eigenvalue weighted by Crippen LogP contribution is 2.29. The first-order chi connectivity index (χ1) is 17.5. The Bertz CT molecular complexity index is 1480. The predicted molar refractivity (Wildman–Crippen MR) is 135 cm³/mol. The first-order valence-corrected chi connectivity index (χ1v) is 12.2. The van der Waals surface area contributed by atoms with Gasteiger partial charge in [0, 0.05) is 12.1 Å². The molecule has 0 radical (unpaired) electrons. The van der Waals surface area contributed by atoms with Crippen LogP contribution >= 0.6 is 0 Å². The van der Waals surface area contributed by atoms with Gasteiger partial charge < -0.3 is 13.8 Å². The number of tetrazole rings is 1. The minimum atomic E-state index is -0.139. The Hall–Kier alpha value is -3.98. The first kappa shape index (κ1) is 23.7. The molecule has 9 nitrogen and oxygen atoms in total. The van der Waals surface area contributed by atoms with Gasteiger partial charge in [-0.2, -0.15) is 0 Å². The Kier molecular flexibility index (Phi) is 6.81. The van der Waals surface area contributed by atoms with E-state index in [1.165, 1.54) is 0 Å². The van der Waals surface area contributed by atoms with Gasteiger partial charge in [0.25, 0.3) is 5.56 Å². The molecule has 0 saturated heterocycles. The van der Waals surface area contributed by atoms with E-state index in [2.05, 4.69) is 44.5 Å². The second kappa shape index (κ2) is 10.3. The monoisotopic (exact) mass is 486 g/mol. The maximum Gasteiger partial charge on any atom is 0.252 e. The second-order valence-corrected chi connectivity index (χ2v) is 9.16. The Morgan fingerprint density at radius 2 is 1.83 bits per heavy atom. The SMILES string of the molecule is CCC[C@@H](c1nnnn1Cc1ccco1)N(Cc1ccco1)Cc1cc2ccc(C)c(C)c2[nH]c1=O. The molecule has 0 saturated carbocycles. The van der Waals surface area contributed by atoms with Crippen LogP contribution in [0.25, 0.3) is 10.9 Å². The fraction of sp³-hybridized carbons (Fsp3) is 0.333. The summed E-state index contributed by atoms with van der Waals surface area (Å²) < 4.78 is 13.0. The van der Waals surface area contributed by atoms with Crippen LogP contribution in [0.5, 0.6) is 0 Å². The second-order valence-electron chi connectivity index (χ2n) is 9.16. The van der Waals surface area contributed by atoms with Crippen molar-refractivity contribution in [2.75, 3.05) is 0 Å². The number of H-pyrrole nitrogens is 1. The number of furan rings is 2. The summed E-state index contributed by atoms with van der Waals surface area (Å²) in [5, 5.41) is 13.6. The number of rotatable bonds is 10. The molecule has 0 aliphatic rings. The van der Waals surface area contributed by atoms with Crippen molar-refractivity contribution in [3.05, 3.63) is 99.4 Å². The van der Waals surface area contributed by atoms with Crippen molar-refractivity contribution in [1.29, 1.82) is 0 Å². The summed E-state index contributed by atoms with van der Waals surface area (Å²) in [4.78, 5) is 18.5. The summed E-state index contributed by atoms with van der Waals surface area (Å²) in [6.07, 6.45) is 5.03. The van der Waals surface area contributed by atoms with Gasteiger partial charge in [0.15, 0.2) is 5.82 Å². The van der Waals surface area contributed by atoms with E-state index in [0.717, 1.165) is 52.2 Å². The minimum absolute atomic E-state index is 0.0916. The highest BCUT2D eigenvalue weighted by molar-refractivity contribution is 5.83. The molecule has 0 aliphatic heterocycles. The van der Waals surface area contributed by atoms with Crippen molar-refractivity contribution in [2.45, 2.75) is 59.3 Å². The smallest absolute Gasteiger partial charge is 0.252 e. The van der Waals surface area contributed by atoms with Crippen molar-refractivity contribution >= 4 is 10.9 Å². The number of hydrogen-bond donors (Lipinski definition) is 1. The Morgan fingerprint density at radius 3 is 2.56 bits per heavy atom. The van der Waals surface area contributed by atoms with Gasteiger partial charge in [0.05, 0.1) is 30.6 Å². The van der Waals surface area contributed by atoms with Gasteiger partial charge in [0.2, 0.25) is 0 Å². The average molecular weight is 487 g/mol. The fourth-order valence-electron chi connectivity index (χ4n) is 4.65. The van der Waals surface area contributed by atoms with Gasteiger partial charge in [-0.3, -0.25) is 9.69 Å². The van der Waals surface area contributed by atoms with Gasteiger partial charge in [-0.05, 0) is 77.5 Å². The molecule has 0 fully saturated rings. The lowest BCUT2D eigenvalue weighted by molar-refractivity contribution is 0.144. The molecule has 0 amide bonds. The third-order valence-corrected chi connectivity index (χ3v) is 6.69. The van der Waals surface area contributed by atoms with Crippen LogP contribution in [0.1, 0.15) is 59.8 Å². The zero-order valence-electron chi connectivity index (χ0n) is 20.8. The molecule has 1 N–H and O–H groups in total. The average Bonchev–Trinajstić information content (AvgIpc) is 3.65. The number of benzene rings is 1. The fourth-order valence-corrected chi connectivity index (χ4v) is 4.65. The van der Waals surface area contributed by atoms with Crippen molar-refractivity contribution in [1.82, 2.24) is 30.1 Å². The van der Waals surface area contributed by atoms with Crippen LogP contribution < -0.4 is 5.56 Å². The summed E-state index contributed by atoms with van der Waals surface area (Å²) in [6.45, 7) is 7.57. The van der Waals surface area contributed by atoms with Gasteiger partial charge in [-0.25, -0.2) is 4.68 Å². The largest absolute Gasteiger partial charge is 0.468 e. The number of nitrogens with one attached hydrogen (secondary N) is 1. The van der Waals surface area contributed by atoms with E-state index < -0.39 is 0 Å². The maximum absolute atomic E-state index is 13.2. The standard InChI is InChI=1S/C27H30N6O3/c1-4-7-24(26-29-30-31-33(26)17-23-9-6-13-36-23)32(16-22-8-5-12-35-22)15-21-14-20-11-10-18(2)19(3)25(20)28-27(21)34/h5-6,8-14,24H,4,7,15-17H2,1-3H3,(H,28,34)/t24-/m0/s1. The van der Waals surface area contributed by atoms with E-state index in [9.17, 15) is 4.79 Å². The van der Waals surface area contributed by atoms with Gasteiger partial charge in [-0.15, -0.1) is 5.10 Å². The van der Waals surface area contributed by atoms with Gasteiger partial charge >= 0.3 is 0 Å². The number of aromatic nitrogens is 5. The molecule has 9 heteroatoms. The summed E-state index contributed by atoms with van der Waals surface area (Å²) in [7, 11) is 0. The molecule has 36 heavy (non-hydrogen) atoms. The van der Waals surface area contributed by atoms with Crippen LogP contribution in [-0.4, -0.2) is 30.1 Å². The van der Waals surface area contributed by atoms with Crippen LogP contribution in [0.2, 0.25) is 0 Å². The summed E-state index contributed by atoms with van der Waals surface area (Å²) in [6, 6.07) is 13.6. The molecule has 0 unspecified atom stereocenters. The van der Waals surface area contributed by atoms with Crippen molar-refractivity contribution in [3.63, 3.8) is 0 Å². The summed E-state index contributed by atoms with van der Waals surface area (Å²) in [5.41, 5.74) is 3.71. The van der Waals surface area contributed by atoms with Crippen LogP contribution in [0.4, 0.5) is 0 Å². The van der Waals surface area contributed by atoms with E-state index in [4.69, 9.17) is 8.83 Å². The van der Waals surface area contributed by atoms with E-state index >= 15 is 0 Å². The number of hydrogen-bond acceptors (Lipinski definition) is 7. The number of nitrogens with zero attached hydrogens (tertiary/aromatic N) is 5. The molecular formula is C27H30N6O3. The molecule has 4 aromatic heterocycles. The normalized spacial score (nSPS) is 12.6. The number of fused-ring (bicyclic) bond motifs is 1. The van der Waals surface area contributed by atoms with Crippen LogP contribution in [0.3, 0.4) is 0 Å². The number of aromatic amines is 1. The quantitative estimate of drug-likeness (QED) is 0.299. The molecule has 1 atom stereocenters. The van der Waals surface area contributed by atoms with E-state index in [-0.39, 0.29) is 11.6 Å². The zero-order valence-corrected chi connectivity index (χ0v) is 20.8. The lowest BCUT2D eigenvalue weighted by Crippen LogP contribution is -2.32. The summed E-state index contributed by atoms with van der Waals surface area (Å²) in [5.74, 6) is 2.31. The van der Waals surface area contributed by atoms with Crippen molar-refractivity contribution < 1.29 is 8.83 Å². The van der Waals surface area contributed by atoms with Crippen molar-refractivity contribution in [3.8, 4) is 0 Å². The molecule has 0 spiro atoms. The molecule has 1 aromatic carbocycles. The van der Waals surface area contributed by atoms with Crippen molar-refractivity contribution in [2.24, 2.45) is 0 Å². The minimum Gasteiger partial charge on any atom is -0.468 e. The Morgan fingerprint density at radius 1 is 1.06 bits per heavy atom. The first-order valence-electron chi connectivity index (χ1n) is 12.2. The Balaban J connectivity index is 1.53. The topological polar surface area (TPSA) is 106 Å². The maximum atomic E-state index is 13.2. The van der Waals surface area contributed by atoms with Crippen LogP contribution in [0, 0.1) is 13.8 Å². The molecule has 0 aliphatic carbocycles. The highest BCUT2D eigenvalue weighted by atomic mass is 16.3. The lowest BCUT2D eigenvalue weighted by atomic mass is 10.0. The number of pyridine rings is 1. The van der Waals surface area contributed by atoms with Gasteiger partial charge in [0.1, 0.15) is 18.1 Å². The van der Waals surface area contributed by atoms with E-state index in [1.807, 2.05) is 44.2 Å². The third kappa shape index (κ3) is 4.87. The molecular weight excluding hydrogens is 456 g/mol. The lowest BCUT2D eigenvalue weighted by Gasteiger charge is -2.30. The van der Waals surface area contributed by atoms with E-state index in [0.29, 0.717) is 25.2 Å². The Labute approximate surface area is 208 Å². The predicted octanol–water partition coefficient (Wildman–Crippen LogP) is 4.91. The molecule has 186 valence electrons. The highest BCUT2D eigenvalue weighted by Gasteiger charge is 2.28. The molecule has 0 bridgehead atoms. The molecule has 4 heterocycles. The van der Waals surface area contributed by atoms with Crippen LogP contribution in [-0.2, 0) is 19.6 Å². The van der Waals surface area contributed by atoms with E-state index in [1.54, 1.807) is 17.2 Å². The molecule has 5 aromatic rings. The third-order valence-electron chi connectivity index (χ3n) is 6.69. The molecule has 5 rings (SSSR count). The number of aryl methyl sites for hydroxylation is 2.